The summed E-state index contributed by atoms with van der Waals surface area (Å²) in [5.74, 6) is 0.955. The average Bonchev–Trinajstić information content (AvgIpc) is 1.89. The van der Waals surface area contributed by atoms with Crippen molar-refractivity contribution >= 4 is 7.85 Å². The van der Waals surface area contributed by atoms with Gasteiger partial charge in [0.25, 0.3) is 0 Å². The van der Waals surface area contributed by atoms with Crippen LogP contribution in [0, 0.1) is 0 Å². The molecule has 0 aromatic rings. The summed E-state index contributed by atoms with van der Waals surface area (Å²) in [6.07, 6.45) is 7.00. The molecule has 0 aromatic heterocycles. The SMILES string of the molecule is BC(CC)CCCCC. The lowest BCUT2D eigenvalue weighted by atomic mass is 9.81. The zero-order chi connectivity index (χ0) is 7.11. The van der Waals surface area contributed by atoms with Gasteiger partial charge in [-0.2, -0.15) is 0 Å². The molecule has 0 fully saturated rings. The molecule has 1 atom stereocenters. The van der Waals surface area contributed by atoms with E-state index < -0.39 is 0 Å². The van der Waals surface area contributed by atoms with E-state index in [0.29, 0.717) is 0 Å². The Morgan fingerprint density at radius 1 is 1.22 bits per heavy atom. The van der Waals surface area contributed by atoms with Crippen LogP contribution in [0.5, 0.6) is 0 Å². The number of hydrogen-bond acceptors (Lipinski definition) is 0. The Bertz CT molecular complexity index is 52.5. The monoisotopic (exact) mass is 126 g/mol. The van der Waals surface area contributed by atoms with Crippen molar-refractivity contribution in [3.8, 4) is 0 Å². The van der Waals surface area contributed by atoms with Gasteiger partial charge in [0.15, 0.2) is 0 Å². The molecule has 0 amide bonds. The maximum absolute atomic E-state index is 2.34. The summed E-state index contributed by atoms with van der Waals surface area (Å²) in [5.41, 5.74) is 0. The quantitative estimate of drug-likeness (QED) is 0.392. The van der Waals surface area contributed by atoms with Crippen molar-refractivity contribution in [1.82, 2.24) is 0 Å². The van der Waals surface area contributed by atoms with E-state index in [1.807, 2.05) is 0 Å². The summed E-state index contributed by atoms with van der Waals surface area (Å²) in [7, 11) is 2.34. The van der Waals surface area contributed by atoms with Crippen LogP contribution in [0.25, 0.3) is 0 Å². The number of rotatable bonds is 5. The van der Waals surface area contributed by atoms with Gasteiger partial charge in [-0.3, -0.25) is 0 Å². The van der Waals surface area contributed by atoms with Crippen LogP contribution in [0.15, 0.2) is 0 Å². The first-order chi connectivity index (χ1) is 4.31. The van der Waals surface area contributed by atoms with Gasteiger partial charge in [0, 0.05) is 0 Å². The highest BCUT2D eigenvalue weighted by atomic mass is 14.0. The average molecular weight is 126 g/mol. The highest BCUT2D eigenvalue weighted by Crippen LogP contribution is 2.14. The zero-order valence-electron chi connectivity index (χ0n) is 7.11. The molecule has 0 saturated heterocycles. The van der Waals surface area contributed by atoms with E-state index in [1.165, 1.54) is 32.1 Å². The molecule has 0 heterocycles. The molecule has 0 aliphatic rings. The molecule has 0 nitrogen and oxygen atoms in total. The molecule has 0 aliphatic carbocycles. The number of hydrogen-bond donors (Lipinski definition) is 0. The van der Waals surface area contributed by atoms with Crippen LogP contribution in [-0.2, 0) is 0 Å². The third-order valence-electron chi connectivity index (χ3n) is 2.00. The fourth-order valence-corrected chi connectivity index (χ4v) is 0.947. The Morgan fingerprint density at radius 2 is 1.89 bits per heavy atom. The molecule has 0 saturated carbocycles. The van der Waals surface area contributed by atoms with Crippen molar-refractivity contribution in [1.29, 1.82) is 0 Å². The minimum Gasteiger partial charge on any atom is -0.0700 e. The van der Waals surface area contributed by atoms with E-state index in [1.54, 1.807) is 0 Å². The first-order valence-electron chi connectivity index (χ1n) is 4.31. The topological polar surface area (TPSA) is 0 Å². The summed E-state index contributed by atoms with van der Waals surface area (Å²) >= 11 is 0. The van der Waals surface area contributed by atoms with Crippen LogP contribution in [0.2, 0.25) is 5.82 Å². The predicted octanol–water partition coefficient (Wildman–Crippen LogP) is 2.40. The van der Waals surface area contributed by atoms with Crippen molar-refractivity contribution < 1.29 is 0 Å². The van der Waals surface area contributed by atoms with Crippen LogP contribution in [0.1, 0.15) is 46.0 Å². The first-order valence-corrected chi connectivity index (χ1v) is 4.31. The number of unbranched alkanes of at least 4 members (excludes halogenated alkanes) is 2. The van der Waals surface area contributed by atoms with Crippen molar-refractivity contribution in [2.45, 2.75) is 51.8 Å². The van der Waals surface area contributed by atoms with Crippen LogP contribution >= 0.6 is 0 Å². The second kappa shape index (κ2) is 6.19. The Kier molecular flexibility index (Phi) is 6.23. The Morgan fingerprint density at radius 3 is 2.33 bits per heavy atom. The molecule has 0 spiro atoms. The van der Waals surface area contributed by atoms with Gasteiger partial charge in [-0.05, 0) is 0 Å². The lowest BCUT2D eigenvalue weighted by molar-refractivity contribution is 0.624. The summed E-state index contributed by atoms with van der Waals surface area (Å²) in [4.78, 5) is 0. The van der Waals surface area contributed by atoms with Gasteiger partial charge >= 0.3 is 0 Å². The molecule has 54 valence electrons. The van der Waals surface area contributed by atoms with Crippen LogP contribution in [0.3, 0.4) is 0 Å². The van der Waals surface area contributed by atoms with Crippen molar-refractivity contribution in [2.24, 2.45) is 0 Å². The molecule has 0 rings (SSSR count). The first kappa shape index (κ1) is 9.06. The lowest BCUT2D eigenvalue weighted by Gasteiger charge is -2.05. The fraction of sp³-hybridized carbons (Fsp3) is 1.00. The summed E-state index contributed by atoms with van der Waals surface area (Å²) in [5, 5.41) is 0. The standard InChI is InChI=1S/C8H19B/c1-3-5-6-7-8(9)4-2/h8H,3-7,9H2,1-2H3. The minimum atomic E-state index is 0.955. The Hall–Kier alpha value is 0.0649. The summed E-state index contributed by atoms with van der Waals surface area (Å²) < 4.78 is 0. The maximum atomic E-state index is 2.34. The van der Waals surface area contributed by atoms with Crippen molar-refractivity contribution in [3.63, 3.8) is 0 Å². The van der Waals surface area contributed by atoms with E-state index in [0.717, 1.165) is 5.82 Å². The smallest absolute Gasteiger partial charge is 0.0700 e. The lowest BCUT2D eigenvalue weighted by Crippen LogP contribution is -1.89. The van der Waals surface area contributed by atoms with Crippen molar-refractivity contribution in [2.75, 3.05) is 0 Å². The molecular formula is C8H19B. The summed E-state index contributed by atoms with van der Waals surface area (Å²) in [6.45, 7) is 4.53. The van der Waals surface area contributed by atoms with Gasteiger partial charge in [0.2, 0.25) is 0 Å². The zero-order valence-corrected chi connectivity index (χ0v) is 7.11. The Balaban J connectivity index is 2.88. The van der Waals surface area contributed by atoms with Gasteiger partial charge in [-0.15, -0.1) is 0 Å². The van der Waals surface area contributed by atoms with Gasteiger partial charge in [-0.25, -0.2) is 0 Å². The molecule has 0 aliphatic heterocycles. The molecule has 0 radical (unpaired) electrons. The fourth-order valence-electron chi connectivity index (χ4n) is 0.947. The van der Waals surface area contributed by atoms with E-state index >= 15 is 0 Å². The maximum Gasteiger partial charge on any atom is 0.105 e. The highest BCUT2D eigenvalue weighted by Gasteiger charge is 1.96. The van der Waals surface area contributed by atoms with Crippen molar-refractivity contribution in [3.05, 3.63) is 0 Å². The van der Waals surface area contributed by atoms with Gasteiger partial charge < -0.3 is 0 Å². The van der Waals surface area contributed by atoms with E-state index in [2.05, 4.69) is 21.7 Å². The summed E-state index contributed by atoms with van der Waals surface area (Å²) in [6, 6.07) is 0. The van der Waals surface area contributed by atoms with Gasteiger partial charge in [-0.1, -0.05) is 51.8 Å². The molecule has 9 heavy (non-hydrogen) atoms. The highest BCUT2D eigenvalue weighted by molar-refractivity contribution is 6.11. The van der Waals surface area contributed by atoms with E-state index in [-0.39, 0.29) is 0 Å². The van der Waals surface area contributed by atoms with Crippen LogP contribution in [-0.4, -0.2) is 7.85 Å². The molecule has 0 aromatic carbocycles. The third-order valence-corrected chi connectivity index (χ3v) is 2.00. The third kappa shape index (κ3) is 5.94. The largest absolute Gasteiger partial charge is 0.105 e. The second-order valence-corrected chi connectivity index (χ2v) is 3.01. The molecular weight excluding hydrogens is 107 g/mol. The van der Waals surface area contributed by atoms with E-state index in [4.69, 9.17) is 0 Å². The van der Waals surface area contributed by atoms with Crippen LogP contribution in [0.4, 0.5) is 0 Å². The second-order valence-electron chi connectivity index (χ2n) is 3.01. The van der Waals surface area contributed by atoms with E-state index in [9.17, 15) is 0 Å². The van der Waals surface area contributed by atoms with Gasteiger partial charge in [0.1, 0.15) is 7.85 Å². The predicted molar refractivity (Wildman–Crippen MR) is 46.7 cm³/mol. The van der Waals surface area contributed by atoms with Gasteiger partial charge in [0.05, 0.1) is 0 Å². The molecule has 0 N–H and O–H groups in total. The normalized spacial score (nSPS) is 13.6. The Labute approximate surface area is 60.4 Å². The molecule has 1 unspecified atom stereocenters. The minimum absolute atomic E-state index is 0.955. The molecule has 1 heteroatoms. The van der Waals surface area contributed by atoms with Crippen LogP contribution < -0.4 is 0 Å². The molecule has 0 bridgehead atoms.